The third-order valence-electron chi connectivity index (χ3n) is 8.74. The summed E-state index contributed by atoms with van der Waals surface area (Å²) in [6.45, 7) is 13.7. The molecule has 0 aromatic rings. The van der Waals surface area contributed by atoms with Crippen LogP contribution in [0, 0.1) is 29.6 Å². The Morgan fingerprint density at radius 2 is 1.79 bits per heavy atom. The van der Waals surface area contributed by atoms with Crippen LogP contribution in [0.15, 0.2) is 59.8 Å². The molecule has 1 saturated heterocycles. The Labute approximate surface area is 251 Å². The first-order valence-electron chi connectivity index (χ1n) is 15.2. The predicted octanol–water partition coefficient (Wildman–Crippen LogP) is 6.35. The minimum Gasteiger partial charge on any atom is -0.462 e. The van der Waals surface area contributed by atoms with Gasteiger partial charge in [-0.3, -0.25) is 9.59 Å². The van der Waals surface area contributed by atoms with Crippen LogP contribution in [0.25, 0.3) is 0 Å². The van der Waals surface area contributed by atoms with E-state index >= 15 is 0 Å². The second kappa shape index (κ2) is 17.1. The van der Waals surface area contributed by atoms with Gasteiger partial charge in [0.1, 0.15) is 18.3 Å². The van der Waals surface area contributed by atoms with Crippen molar-refractivity contribution in [3.8, 4) is 0 Å². The highest BCUT2D eigenvalue weighted by atomic mass is 16.6. The molecule has 0 radical (unpaired) electrons. The molecule has 9 unspecified atom stereocenters. The van der Waals surface area contributed by atoms with E-state index in [4.69, 9.17) is 19.9 Å². The van der Waals surface area contributed by atoms with Crippen LogP contribution >= 0.6 is 0 Å². The van der Waals surface area contributed by atoms with Gasteiger partial charge in [0.25, 0.3) is 0 Å². The predicted molar refractivity (Wildman–Crippen MR) is 164 cm³/mol. The van der Waals surface area contributed by atoms with Gasteiger partial charge in [0.2, 0.25) is 0 Å². The summed E-state index contributed by atoms with van der Waals surface area (Å²) in [5, 5.41) is 11.0. The summed E-state index contributed by atoms with van der Waals surface area (Å²) in [5.41, 5.74) is 7.15. The highest BCUT2D eigenvalue weighted by Gasteiger charge is 2.34. The number of aliphatic hydroxyl groups excluding tert-OH is 1. The third kappa shape index (κ3) is 10.6. The van der Waals surface area contributed by atoms with E-state index in [0.29, 0.717) is 18.8 Å². The lowest BCUT2D eigenvalue weighted by molar-refractivity contribution is -0.162. The highest BCUT2D eigenvalue weighted by Crippen LogP contribution is 2.32. The van der Waals surface area contributed by atoms with Crippen molar-refractivity contribution in [3.63, 3.8) is 0 Å². The summed E-state index contributed by atoms with van der Waals surface area (Å²) in [7, 11) is 0. The van der Waals surface area contributed by atoms with E-state index in [1.165, 1.54) is 0 Å². The molecule has 234 valence electrons. The number of nitrogens with two attached hydrogens (primary N) is 1. The molecule has 2 aliphatic rings. The van der Waals surface area contributed by atoms with Crippen molar-refractivity contribution in [2.45, 2.75) is 105 Å². The Morgan fingerprint density at radius 1 is 1.10 bits per heavy atom. The molecule has 0 saturated carbocycles. The van der Waals surface area contributed by atoms with E-state index in [1.54, 1.807) is 12.2 Å². The number of esters is 2. The summed E-state index contributed by atoms with van der Waals surface area (Å²) >= 11 is 0. The number of ether oxygens (including phenoxy) is 3. The number of carbonyl (C=O) groups excluding carboxylic acids is 3. The van der Waals surface area contributed by atoms with E-state index in [1.807, 2.05) is 71.9 Å². The molecule has 2 heterocycles. The fourth-order valence-corrected chi connectivity index (χ4v) is 5.66. The monoisotopic (exact) mass is 585 g/mol. The van der Waals surface area contributed by atoms with Gasteiger partial charge in [-0.25, -0.2) is 4.79 Å². The average molecular weight is 586 g/mol. The number of amides is 1. The molecule has 0 bridgehead atoms. The van der Waals surface area contributed by atoms with Crippen molar-refractivity contribution >= 4 is 18.0 Å². The zero-order valence-corrected chi connectivity index (χ0v) is 26.3. The number of aliphatic hydroxyl groups is 1. The molecule has 0 aromatic carbocycles. The number of cyclic esters (lactones) is 2. The quantitative estimate of drug-likeness (QED) is 0.161. The summed E-state index contributed by atoms with van der Waals surface area (Å²) in [6, 6.07) is 0. The number of allylic oxidation sites excluding steroid dienone is 6. The van der Waals surface area contributed by atoms with Crippen molar-refractivity contribution in [3.05, 3.63) is 59.8 Å². The van der Waals surface area contributed by atoms with Crippen LogP contribution in [0.1, 0.15) is 80.6 Å². The first-order valence-corrected chi connectivity index (χ1v) is 15.2. The molecule has 0 aromatic heterocycles. The topological polar surface area (TPSA) is 125 Å². The van der Waals surface area contributed by atoms with Crippen molar-refractivity contribution < 1.29 is 33.7 Å². The fourth-order valence-electron chi connectivity index (χ4n) is 5.66. The van der Waals surface area contributed by atoms with Crippen molar-refractivity contribution in [1.82, 2.24) is 0 Å². The van der Waals surface area contributed by atoms with Crippen molar-refractivity contribution in [2.24, 2.45) is 35.3 Å². The minimum absolute atomic E-state index is 0.0332. The largest absolute Gasteiger partial charge is 0.462 e. The molecule has 1 fully saturated rings. The van der Waals surface area contributed by atoms with E-state index in [9.17, 15) is 19.5 Å². The molecule has 9 atom stereocenters. The molecule has 8 nitrogen and oxygen atoms in total. The number of hydrogen-bond acceptors (Lipinski definition) is 7. The lowest BCUT2D eigenvalue weighted by atomic mass is 9.81. The molecule has 2 aliphatic heterocycles. The molecule has 1 amide bonds. The van der Waals surface area contributed by atoms with E-state index in [-0.39, 0.29) is 42.2 Å². The first kappa shape index (κ1) is 35.1. The maximum Gasteiger partial charge on any atom is 0.405 e. The number of primary amides is 1. The van der Waals surface area contributed by atoms with Gasteiger partial charge in [-0.05, 0) is 56.6 Å². The van der Waals surface area contributed by atoms with Gasteiger partial charge < -0.3 is 25.1 Å². The Bertz CT molecular complexity index is 1070. The van der Waals surface area contributed by atoms with Crippen molar-refractivity contribution in [1.29, 1.82) is 0 Å². The van der Waals surface area contributed by atoms with E-state index in [2.05, 4.69) is 13.0 Å². The Balaban J connectivity index is 2.26. The normalized spacial score (nSPS) is 34.0. The zero-order chi connectivity index (χ0) is 31.4. The molecule has 3 N–H and O–H groups in total. The summed E-state index contributed by atoms with van der Waals surface area (Å²) in [4.78, 5) is 36.4. The minimum atomic E-state index is -0.904. The maximum absolute atomic E-state index is 12.9. The van der Waals surface area contributed by atoms with Gasteiger partial charge in [-0.2, -0.15) is 0 Å². The Morgan fingerprint density at radius 3 is 2.45 bits per heavy atom. The smallest absolute Gasteiger partial charge is 0.405 e. The van der Waals surface area contributed by atoms with Gasteiger partial charge in [0.15, 0.2) is 0 Å². The lowest BCUT2D eigenvalue weighted by Crippen LogP contribution is -2.37. The van der Waals surface area contributed by atoms with Crippen LogP contribution < -0.4 is 5.73 Å². The van der Waals surface area contributed by atoms with Crippen LogP contribution in [-0.4, -0.2) is 47.6 Å². The molecule has 42 heavy (non-hydrogen) atoms. The van der Waals surface area contributed by atoms with Gasteiger partial charge in [-0.1, -0.05) is 82.7 Å². The second-order valence-electron chi connectivity index (χ2n) is 11.9. The van der Waals surface area contributed by atoms with E-state index in [0.717, 1.165) is 24.0 Å². The van der Waals surface area contributed by atoms with Crippen LogP contribution in [0.5, 0.6) is 0 Å². The average Bonchev–Trinajstić information content (AvgIpc) is 2.94. The number of carbonyl (C=O) groups is 3. The molecule has 0 aliphatic carbocycles. The SMILES string of the molecule is CCC1OC(=O)CC(CC=CC=C(C)C2OC(=O)CCC=C(C)C(C)C(O)C(C)C(OC(N)=O)C=CC=CC2C)C1C. The summed E-state index contributed by atoms with van der Waals surface area (Å²) in [6.07, 6.45) is 15.0. The Kier molecular flexibility index (Phi) is 14.3. The van der Waals surface area contributed by atoms with Crippen LogP contribution in [-0.2, 0) is 23.8 Å². The second-order valence-corrected chi connectivity index (χ2v) is 11.9. The van der Waals surface area contributed by atoms with Gasteiger partial charge in [0, 0.05) is 30.6 Å². The summed E-state index contributed by atoms with van der Waals surface area (Å²) in [5.74, 6) is -0.654. The van der Waals surface area contributed by atoms with Gasteiger partial charge in [0.05, 0.1) is 6.10 Å². The highest BCUT2D eigenvalue weighted by molar-refractivity contribution is 5.71. The van der Waals surface area contributed by atoms with Crippen molar-refractivity contribution in [2.75, 3.05) is 0 Å². The molecular weight excluding hydrogens is 534 g/mol. The van der Waals surface area contributed by atoms with Crippen LogP contribution in [0.2, 0.25) is 0 Å². The number of rotatable bonds is 6. The van der Waals surface area contributed by atoms with Gasteiger partial charge in [-0.15, -0.1) is 0 Å². The zero-order valence-electron chi connectivity index (χ0n) is 26.3. The fraction of sp³-hybridized carbons (Fsp3) is 0.618. The number of hydrogen-bond donors (Lipinski definition) is 2. The lowest BCUT2D eigenvalue weighted by Gasteiger charge is -2.34. The van der Waals surface area contributed by atoms with Crippen LogP contribution in [0.3, 0.4) is 0 Å². The molecule has 2 rings (SSSR count). The molecule has 0 spiro atoms. The standard InChI is InChI=1S/C34H51NO7/c1-8-28-25(6)27(20-31(37)40-28)17-11-9-14-22(3)33-23(4)15-10-12-18-29(41-34(35)39)26(7)32(38)24(5)21(2)16-13-19-30(36)42-33/h9-12,14-16,18,23-29,32-33,38H,8,13,17,19-20H2,1-7H3,(H2,35,39). The Hall–Kier alpha value is -3.13. The van der Waals surface area contributed by atoms with Gasteiger partial charge >= 0.3 is 18.0 Å². The molecular formula is C34H51NO7. The first-order chi connectivity index (χ1) is 19.8. The third-order valence-corrected chi connectivity index (χ3v) is 8.74. The van der Waals surface area contributed by atoms with E-state index < -0.39 is 30.3 Å². The van der Waals surface area contributed by atoms with Crippen LogP contribution in [0.4, 0.5) is 4.79 Å². The molecule has 8 heteroatoms. The maximum atomic E-state index is 12.9. The summed E-state index contributed by atoms with van der Waals surface area (Å²) < 4.78 is 16.8.